The lowest BCUT2D eigenvalue weighted by atomic mass is 10.2. The second kappa shape index (κ2) is 6.25. The van der Waals surface area contributed by atoms with Gasteiger partial charge >= 0.3 is 5.97 Å². The van der Waals surface area contributed by atoms with Gasteiger partial charge in [-0.3, -0.25) is 9.69 Å². The summed E-state index contributed by atoms with van der Waals surface area (Å²) in [7, 11) is 0. The second-order valence-electron chi connectivity index (χ2n) is 5.12. The number of carboxylic acid groups (broad SMARTS) is 1. The molecule has 3 rings (SSSR count). The van der Waals surface area contributed by atoms with Crippen LogP contribution in [0.1, 0.15) is 18.5 Å². The Morgan fingerprint density at radius 1 is 1.43 bits per heavy atom. The molecule has 110 valence electrons. The Labute approximate surface area is 135 Å². The van der Waals surface area contributed by atoms with Crippen LogP contribution in [-0.4, -0.2) is 33.5 Å². The molecule has 2 heterocycles. The lowest BCUT2D eigenvalue weighted by molar-refractivity contribution is -0.142. The molecular weight excluding hydrogens is 352 g/mol. The zero-order chi connectivity index (χ0) is 14.8. The van der Waals surface area contributed by atoms with Gasteiger partial charge in [0.2, 0.25) is 0 Å². The van der Waals surface area contributed by atoms with E-state index in [-0.39, 0.29) is 6.04 Å². The van der Waals surface area contributed by atoms with Gasteiger partial charge in [-0.2, -0.15) is 0 Å². The highest BCUT2D eigenvalue weighted by molar-refractivity contribution is 9.10. The van der Waals surface area contributed by atoms with Gasteiger partial charge in [0.1, 0.15) is 11.0 Å². The van der Waals surface area contributed by atoms with Crippen molar-refractivity contribution in [3.63, 3.8) is 0 Å². The van der Waals surface area contributed by atoms with Gasteiger partial charge in [-0.15, -0.1) is 11.3 Å². The fraction of sp³-hybridized carbons (Fsp3) is 0.333. The molecule has 0 aliphatic carbocycles. The van der Waals surface area contributed by atoms with E-state index in [2.05, 4.69) is 20.9 Å². The third-order valence-corrected chi connectivity index (χ3v) is 5.13. The summed E-state index contributed by atoms with van der Waals surface area (Å²) in [5.41, 5.74) is 2.04. The molecule has 1 aliphatic heterocycles. The molecule has 1 saturated heterocycles. The summed E-state index contributed by atoms with van der Waals surface area (Å²) >= 11 is 5.02. The average molecular weight is 367 g/mol. The SMILES string of the molecule is O=C(O)[C@H]1CCCN1Cc1csc(-c2ccc(Br)cc2)n1. The quantitative estimate of drug-likeness (QED) is 0.897. The predicted molar refractivity (Wildman–Crippen MR) is 86.3 cm³/mol. The number of benzene rings is 1. The molecule has 6 heteroatoms. The molecule has 1 atom stereocenters. The van der Waals surface area contributed by atoms with E-state index in [1.165, 1.54) is 0 Å². The maximum absolute atomic E-state index is 11.2. The van der Waals surface area contributed by atoms with Gasteiger partial charge in [0.05, 0.1) is 5.69 Å². The summed E-state index contributed by atoms with van der Waals surface area (Å²) in [5, 5.41) is 12.2. The van der Waals surface area contributed by atoms with Gasteiger partial charge in [0.25, 0.3) is 0 Å². The van der Waals surface area contributed by atoms with Crippen molar-refractivity contribution >= 4 is 33.2 Å². The van der Waals surface area contributed by atoms with Crippen LogP contribution in [0.25, 0.3) is 10.6 Å². The van der Waals surface area contributed by atoms with Crippen LogP contribution in [0.15, 0.2) is 34.1 Å². The highest BCUT2D eigenvalue weighted by Crippen LogP contribution is 2.27. The Balaban J connectivity index is 1.73. The van der Waals surface area contributed by atoms with Crippen LogP contribution in [0, 0.1) is 0 Å². The summed E-state index contributed by atoms with van der Waals surface area (Å²) < 4.78 is 1.05. The first-order valence-corrected chi connectivity index (χ1v) is 8.48. The number of hydrogen-bond donors (Lipinski definition) is 1. The minimum atomic E-state index is -0.726. The Kier molecular flexibility index (Phi) is 4.37. The van der Waals surface area contributed by atoms with Crippen molar-refractivity contribution in [1.29, 1.82) is 0 Å². The van der Waals surface area contributed by atoms with Crippen LogP contribution in [0.5, 0.6) is 0 Å². The van der Waals surface area contributed by atoms with Gasteiger partial charge in [0, 0.05) is 22.0 Å². The van der Waals surface area contributed by atoms with Crippen LogP contribution < -0.4 is 0 Å². The van der Waals surface area contributed by atoms with Gasteiger partial charge in [-0.05, 0) is 31.5 Å². The van der Waals surface area contributed by atoms with E-state index < -0.39 is 5.97 Å². The Hall–Kier alpha value is -1.24. The van der Waals surface area contributed by atoms with Gasteiger partial charge < -0.3 is 5.11 Å². The summed E-state index contributed by atoms with van der Waals surface area (Å²) in [4.78, 5) is 17.8. The maximum atomic E-state index is 11.2. The zero-order valence-corrected chi connectivity index (χ0v) is 13.7. The number of carboxylic acids is 1. The van der Waals surface area contributed by atoms with E-state index in [0.29, 0.717) is 6.54 Å². The predicted octanol–water partition coefficient (Wildman–Crippen LogP) is 3.62. The lowest BCUT2D eigenvalue weighted by Gasteiger charge is -2.19. The van der Waals surface area contributed by atoms with Crippen molar-refractivity contribution in [2.75, 3.05) is 6.54 Å². The number of hydrogen-bond acceptors (Lipinski definition) is 4. The molecule has 4 nitrogen and oxygen atoms in total. The van der Waals surface area contributed by atoms with Crippen molar-refractivity contribution in [3.05, 3.63) is 39.8 Å². The average Bonchev–Trinajstić information content (AvgIpc) is 3.09. The molecule has 0 bridgehead atoms. The normalized spacial score (nSPS) is 19.0. The van der Waals surface area contributed by atoms with E-state index in [0.717, 1.165) is 40.1 Å². The van der Waals surface area contributed by atoms with E-state index in [1.807, 2.05) is 34.5 Å². The zero-order valence-electron chi connectivity index (χ0n) is 11.3. The third kappa shape index (κ3) is 3.33. The van der Waals surface area contributed by atoms with Crippen LogP contribution in [0.2, 0.25) is 0 Å². The van der Waals surface area contributed by atoms with Crippen molar-refractivity contribution in [3.8, 4) is 10.6 Å². The molecule has 0 radical (unpaired) electrons. The van der Waals surface area contributed by atoms with E-state index in [9.17, 15) is 9.90 Å². The Morgan fingerprint density at radius 3 is 2.90 bits per heavy atom. The van der Waals surface area contributed by atoms with Gasteiger partial charge in [0.15, 0.2) is 0 Å². The van der Waals surface area contributed by atoms with Crippen LogP contribution in [-0.2, 0) is 11.3 Å². The summed E-state index contributed by atoms with van der Waals surface area (Å²) in [6.45, 7) is 1.45. The number of likely N-dealkylation sites (tertiary alicyclic amines) is 1. The molecule has 1 aromatic carbocycles. The summed E-state index contributed by atoms with van der Waals surface area (Å²) in [6.07, 6.45) is 1.68. The number of halogens is 1. The molecule has 0 unspecified atom stereocenters. The van der Waals surface area contributed by atoms with E-state index >= 15 is 0 Å². The third-order valence-electron chi connectivity index (χ3n) is 3.66. The number of rotatable bonds is 4. The van der Waals surface area contributed by atoms with Crippen molar-refractivity contribution in [1.82, 2.24) is 9.88 Å². The highest BCUT2D eigenvalue weighted by Gasteiger charge is 2.30. The summed E-state index contributed by atoms with van der Waals surface area (Å²) in [5.74, 6) is -0.726. The van der Waals surface area contributed by atoms with Crippen LogP contribution in [0.3, 0.4) is 0 Å². The molecule has 0 amide bonds. The maximum Gasteiger partial charge on any atom is 0.320 e. The molecule has 1 fully saturated rings. The van der Waals surface area contributed by atoms with Crippen molar-refractivity contribution < 1.29 is 9.90 Å². The molecule has 2 aromatic rings. The molecule has 21 heavy (non-hydrogen) atoms. The van der Waals surface area contributed by atoms with Crippen LogP contribution in [0.4, 0.5) is 0 Å². The highest BCUT2D eigenvalue weighted by atomic mass is 79.9. The number of carbonyl (C=O) groups is 1. The molecule has 0 saturated carbocycles. The largest absolute Gasteiger partial charge is 0.480 e. The molecule has 1 N–H and O–H groups in total. The van der Waals surface area contributed by atoms with Crippen molar-refractivity contribution in [2.45, 2.75) is 25.4 Å². The molecule has 1 aliphatic rings. The van der Waals surface area contributed by atoms with Gasteiger partial charge in [-0.1, -0.05) is 28.1 Å². The van der Waals surface area contributed by atoms with Gasteiger partial charge in [-0.25, -0.2) is 4.98 Å². The van der Waals surface area contributed by atoms with Crippen molar-refractivity contribution in [2.24, 2.45) is 0 Å². The first kappa shape index (κ1) is 14.7. The molecular formula is C15H15BrN2O2S. The van der Waals surface area contributed by atoms with E-state index in [1.54, 1.807) is 11.3 Å². The monoisotopic (exact) mass is 366 g/mol. The summed E-state index contributed by atoms with van der Waals surface area (Å²) in [6, 6.07) is 7.70. The smallest absolute Gasteiger partial charge is 0.320 e. The fourth-order valence-electron chi connectivity index (χ4n) is 2.61. The van der Waals surface area contributed by atoms with Crippen LogP contribution >= 0.6 is 27.3 Å². The first-order chi connectivity index (χ1) is 10.1. The van der Waals surface area contributed by atoms with E-state index in [4.69, 9.17) is 0 Å². The molecule has 1 aromatic heterocycles. The topological polar surface area (TPSA) is 53.4 Å². The standard InChI is InChI=1S/C15H15BrN2O2S/c16-11-5-3-10(4-6-11)14-17-12(9-21-14)8-18-7-1-2-13(18)15(19)20/h3-6,9,13H,1-2,7-8H2,(H,19,20)/t13-/m1/s1. The lowest BCUT2D eigenvalue weighted by Crippen LogP contribution is -2.35. The number of aliphatic carboxylic acids is 1. The Bertz CT molecular complexity index is 641. The second-order valence-corrected chi connectivity index (χ2v) is 6.89. The first-order valence-electron chi connectivity index (χ1n) is 6.80. The number of thiazole rings is 1. The number of nitrogens with zero attached hydrogens (tertiary/aromatic N) is 2. The number of aromatic nitrogens is 1. The minimum Gasteiger partial charge on any atom is -0.480 e. The minimum absolute atomic E-state index is 0.358. The fourth-order valence-corrected chi connectivity index (χ4v) is 3.69. The Morgan fingerprint density at radius 2 is 2.19 bits per heavy atom. The molecule has 0 spiro atoms.